The zero-order valence-corrected chi connectivity index (χ0v) is 12.3. The zero-order valence-electron chi connectivity index (χ0n) is 11.6. The second-order valence-electron chi connectivity index (χ2n) is 5.37. The number of hydrogen-bond donors (Lipinski definition) is 1. The molecule has 1 saturated heterocycles. The van der Waals surface area contributed by atoms with Crippen molar-refractivity contribution in [2.75, 3.05) is 6.54 Å². The minimum absolute atomic E-state index is 0.128. The van der Waals surface area contributed by atoms with Crippen LogP contribution in [0, 0.1) is 10.1 Å². The lowest BCUT2D eigenvalue weighted by Gasteiger charge is -2.40. The van der Waals surface area contributed by atoms with Crippen molar-refractivity contribution in [1.82, 2.24) is 4.90 Å². The summed E-state index contributed by atoms with van der Waals surface area (Å²) in [5.41, 5.74) is 6.63. The molecule has 1 aliphatic heterocycles. The quantitative estimate of drug-likeness (QED) is 0.685. The van der Waals surface area contributed by atoms with E-state index in [0.717, 1.165) is 19.3 Å². The Morgan fingerprint density at radius 2 is 2.25 bits per heavy atom. The first-order valence-electron chi connectivity index (χ1n) is 6.91. The standard InChI is InChI=1S/C14H20ClN3O2/c1-10-3-2-4-13(8-16)17(10)9-11-7-12(15)5-6-14(11)18(19)20/h5-7,10,13H,2-4,8-9,16H2,1H3. The lowest BCUT2D eigenvalue weighted by Crippen LogP contribution is -2.48. The molecule has 0 amide bonds. The highest BCUT2D eigenvalue weighted by Gasteiger charge is 2.28. The van der Waals surface area contributed by atoms with Crippen molar-refractivity contribution in [2.24, 2.45) is 5.73 Å². The SMILES string of the molecule is CC1CCCC(CN)N1Cc1cc(Cl)ccc1[N+](=O)[O-]. The van der Waals surface area contributed by atoms with Gasteiger partial charge in [0.1, 0.15) is 0 Å². The fourth-order valence-electron chi connectivity index (χ4n) is 2.93. The molecule has 0 radical (unpaired) electrons. The Kier molecular flexibility index (Phi) is 4.96. The lowest BCUT2D eigenvalue weighted by molar-refractivity contribution is -0.385. The number of benzene rings is 1. The highest BCUT2D eigenvalue weighted by atomic mass is 35.5. The Morgan fingerprint density at radius 3 is 2.90 bits per heavy atom. The van der Waals surface area contributed by atoms with Gasteiger partial charge in [-0.05, 0) is 31.9 Å². The number of rotatable bonds is 4. The van der Waals surface area contributed by atoms with Crippen LogP contribution in [0.4, 0.5) is 5.69 Å². The summed E-state index contributed by atoms with van der Waals surface area (Å²) in [4.78, 5) is 13.0. The molecular weight excluding hydrogens is 278 g/mol. The fourth-order valence-corrected chi connectivity index (χ4v) is 3.13. The van der Waals surface area contributed by atoms with Crippen LogP contribution < -0.4 is 5.73 Å². The third-order valence-electron chi connectivity index (χ3n) is 4.06. The number of nitrogens with zero attached hydrogens (tertiary/aromatic N) is 2. The molecule has 1 aromatic rings. The highest BCUT2D eigenvalue weighted by molar-refractivity contribution is 6.30. The summed E-state index contributed by atoms with van der Waals surface area (Å²) < 4.78 is 0. The topological polar surface area (TPSA) is 72.4 Å². The maximum absolute atomic E-state index is 11.1. The Hall–Kier alpha value is -1.17. The van der Waals surface area contributed by atoms with E-state index in [1.807, 2.05) is 0 Å². The Bertz CT molecular complexity index is 495. The molecule has 0 saturated carbocycles. The van der Waals surface area contributed by atoms with Gasteiger partial charge in [0, 0.05) is 41.8 Å². The number of halogens is 1. The van der Waals surface area contributed by atoms with Crippen LogP contribution in [0.15, 0.2) is 18.2 Å². The Balaban J connectivity index is 2.27. The maximum atomic E-state index is 11.1. The molecule has 6 heteroatoms. The van der Waals surface area contributed by atoms with Gasteiger partial charge >= 0.3 is 0 Å². The van der Waals surface area contributed by atoms with Gasteiger partial charge in [-0.2, -0.15) is 0 Å². The van der Waals surface area contributed by atoms with Gasteiger partial charge in [0.15, 0.2) is 0 Å². The third-order valence-corrected chi connectivity index (χ3v) is 4.29. The third kappa shape index (κ3) is 3.29. The number of likely N-dealkylation sites (tertiary alicyclic amines) is 1. The van der Waals surface area contributed by atoms with E-state index in [-0.39, 0.29) is 16.7 Å². The largest absolute Gasteiger partial charge is 0.329 e. The molecule has 2 rings (SSSR count). The molecular formula is C14H20ClN3O2. The van der Waals surface area contributed by atoms with Gasteiger partial charge in [-0.1, -0.05) is 18.0 Å². The number of piperidine rings is 1. The van der Waals surface area contributed by atoms with Crippen molar-refractivity contribution in [3.8, 4) is 0 Å². The summed E-state index contributed by atoms with van der Waals surface area (Å²) in [6, 6.07) is 5.40. The summed E-state index contributed by atoms with van der Waals surface area (Å²) in [6.07, 6.45) is 3.32. The van der Waals surface area contributed by atoms with Gasteiger partial charge in [0.05, 0.1) is 4.92 Å². The highest BCUT2D eigenvalue weighted by Crippen LogP contribution is 2.29. The molecule has 0 spiro atoms. The molecule has 20 heavy (non-hydrogen) atoms. The zero-order chi connectivity index (χ0) is 14.7. The van der Waals surface area contributed by atoms with Gasteiger partial charge in [-0.3, -0.25) is 15.0 Å². The van der Waals surface area contributed by atoms with E-state index in [1.165, 1.54) is 6.07 Å². The summed E-state index contributed by atoms with van der Waals surface area (Å²) in [7, 11) is 0. The van der Waals surface area contributed by atoms with Crippen LogP contribution in [0.25, 0.3) is 0 Å². The first-order valence-corrected chi connectivity index (χ1v) is 7.29. The van der Waals surface area contributed by atoms with E-state index in [4.69, 9.17) is 17.3 Å². The van der Waals surface area contributed by atoms with E-state index in [1.54, 1.807) is 12.1 Å². The molecule has 1 fully saturated rings. The first kappa shape index (κ1) is 15.2. The van der Waals surface area contributed by atoms with Crippen LogP contribution in [0.1, 0.15) is 31.7 Å². The van der Waals surface area contributed by atoms with Crippen LogP contribution in [-0.4, -0.2) is 28.5 Å². The average Bonchev–Trinajstić information content (AvgIpc) is 2.40. The maximum Gasteiger partial charge on any atom is 0.273 e. The first-order chi connectivity index (χ1) is 9.52. The van der Waals surface area contributed by atoms with Gasteiger partial charge < -0.3 is 5.73 Å². The molecule has 0 bridgehead atoms. The molecule has 2 unspecified atom stereocenters. The molecule has 2 N–H and O–H groups in total. The molecule has 0 aromatic heterocycles. The van der Waals surface area contributed by atoms with Gasteiger partial charge in [-0.25, -0.2) is 0 Å². The van der Waals surface area contributed by atoms with Gasteiger partial charge in [0.2, 0.25) is 0 Å². The predicted octanol–water partition coefficient (Wildman–Crippen LogP) is 2.95. The molecule has 2 atom stereocenters. The van der Waals surface area contributed by atoms with Crippen molar-refractivity contribution < 1.29 is 4.92 Å². The molecule has 1 aliphatic rings. The monoisotopic (exact) mass is 297 g/mol. The molecule has 1 heterocycles. The Labute approximate surface area is 123 Å². The second kappa shape index (κ2) is 6.52. The van der Waals surface area contributed by atoms with Crippen LogP contribution in [0.5, 0.6) is 0 Å². The summed E-state index contributed by atoms with van der Waals surface area (Å²) in [5, 5.41) is 11.7. The van der Waals surface area contributed by atoms with E-state index in [2.05, 4.69) is 11.8 Å². The van der Waals surface area contributed by atoms with Crippen molar-refractivity contribution in [2.45, 2.75) is 44.8 Å². The van der Waals surface area contributed by atoms with Crippen molar-refractivity contribution in [3.63, 3.8) is 0 Å². The van der Waals surface area contributed by atoms with Gasteiger partial charge in [-0.15, -0.1) is 0 Å². The number of hydrogen-bond acceptors (Lipinski definition) is 4. The van der Waals surface area contributed by atoms with Crippen LogP contribution in [0.2, 0.25) is 5.02 Å². The number of nitro groups is 1. The summed E-state index contributed by atoms with van der Waals surface area (Å²) in [5.74, 6) is 0. The van der Waals surface area contributed by atoms with Crippen molar-refractivity contribution >= 4 is 17.3 Å². The molecule has 5 nitrogen and oxygen atoms in total. The summed E-state index contributed by atoms with van der Waals surface area (Å²) in [6.45, 7) is 3.26. The van der Waals surface area contributed by atoms with Crippen molar-refractivity contribution in [1.29, 1.82) is 0 Å². The average molecular weight is 298 g/mol. The van der Waals surface area contributed by atoms with E-state index < -0.39 is 0 Å². The Morgan fingerprint density at radius 1 is 1.50 bits per heavy atom. The van der Waals surface area contributed by atoms with E-state index >= 15 is 0 Å². The summed E-state index contributed by atoms with van der Waals surface area (Å²) >= 11 is 5.98. The van der Waals surface area contributed by atoms with Crippen molar-refractivity contribution in [3.05, 3.63) is 38.9 Å². The van der Waals surface area contributed by atoms with Gasteiger partial charge in [0.25, 0.3) is 5.69 Å². The van der Waals surface area contributed by atoms with Crippen LogP contribution in [0.3, 0.4) is 0 Å². The second-order valence-corrected chi connectivity index (χ2v) is 5.81. The minimum atomic E-state index is -0.349. The molecule has 110 valence electrons. The smallest absolute Gasteiger partial charge is 0.273 e. The van der Waals surface area contributed by atoms with E-state index in [9.17, 15) is 10.1 Å². The fraction of sp³-hybridized carbons (Fsp3) is 0.571. The normalized spacial score (nSPS) is 23.8. The van der Waals surface area contributed by atoms with Crippen LogP contribution >= 0.6 is 11.6 Å². The minimum Gasteiger partial charge on any atom is -0.329 e. The number of nitro benzene ring substituents is 1. The predicted molar refractivity (Wildman–Crippen MR) is 79.8 cm³/mol. The molecule has 0 aliphatic carbocycles. The molecule has 1 aromatic carbocycles. The number of nitrogens with two attached hydrogens (primary N) is 1. The van der Waals surface area contributed by atoms with Crippen LogP contribution in [-0.2, 0) is 6.54 Å². The lowest BCUT2D eigenvalue weighted by atomic mass is 9.95. The van der Waals surface area contributed by atoms with E-state index in [0.29, 0.717) is 29.7 Å².